The fourth-order valence-corrected chi connectivity index (χ4v) is 2.35. The average molecular weight is 289 g/mol. The van der Waals surface area contributed by atoms with E-state index in [1.165, 1.54) is 11.8 Å². The molecule has 0 spiro atoms. The average Bonchev–Trinajstić information content (AvgIpc) is 2.35. The van der Waals surface area contributed by atoms with Gasteiger partial charge in [-0.1, -0.05) is 24.9 Å². The third-order valence-electron chi connectivity index (χ3n) is 2.21. The Morgan fingerprint density at radius 1 is 1.61 bits per heavy atom. The van der Waals surface area contributed by atoms with E-state index in [1.54, 1.807) is 12.3 Å². The van der Waals surface area contributed by atoms with E-state index >= 15 is 0 Å². The number of nitrogens with zero attached hydrogens (tertiary/aromatic N) is 1. The number of esters is 1. The molecule has 0 aliphatic heterocycles. The monoisotopic (exact) mass is 288 g/mol. The number of anilines is 1. The van der Waals surface area contributed by atoms with Gasteiger partial charge in [-0.25, -0.2) is 4.98 Å². The molecule has 2 N–H and O–H groups in total. The Morgan fingerprint density at radius 3 is 3.11 bits per heavy atom. The standard InChI is InChI=1S/C12H17ClN2O2S/c1-2-3-7-17-10(16)5-8-18-9-4-6-15-12(14)11(9)13/h4,6H,2-3,5,7-8H2,1H3,(H2,14,15). The largest absolute Gasteiger partial charge is 0.466 e. The van der Waals surface area contributed by atoms with E-state index in [0.29, 0.717) is 29.6 Å². The Bertz CT molecular complexity index is 402. The highest BCUT2D eigenvalue weighted by molar-refractivity contribution is 7.99. The van der Waals surface area contributed by atoms with Gasteiger partial charge < -0.3 is 10.5 Å². The fraction of sp³-hybridized carbons (Fsp3) is 0.500. The van der Waals surface area contributed by atoms with Gasteiger partial charge in [-0.3, -0.25) is 4.79 Å². The van der Waals surface area contributed by atoms with Gasteiger partial charge in [-0.15, -0.1) is 11.8 Å². The molecule has 0 aliphatic carbocycles. The number of carbonyl (C=O) groups is 1. The lowest BCUT2D eigenvalue weighted by molar-refractivity contribution is -0.143. The van der Waals surface area contributed by atoms with Gasteiger partial charge in [-0.2, -0.15) is 0 Å². The van der Waals surface area contributed by atoms with Gasteiger partial charge in [0.1, 0.15) is 5.82 Å². The first-order chi connectivity index (χ1) is 8.65. The normalized spacial score (nSPS) is 10.3. The number of nitrogen functional groups attached to an aromatic ring is 1. The molecule has 0 amide bonds. The number of carbonyl (C=O) groups excluding carboxylic acids is 1. The summed E-state index contributed by atoms with van der Waals surface area (Å²) in [6, 6.07) is 1.78. The van der Waals surface area contributed by atoms with E-state index in [9.17, 15) is 4.79 Å². The molecule has 0 saturated heterocycles. The zero-order valence-electron chi connectivity index (χ0n) is 10.3. The van der Waals surface area contributed by atoms with Crippen molar-refractivity contribution in [3.63, 3.8) is 0 Å². The number of aromatic nitrogens is 1. The van der Waals surface area contributed by atoms with E-state index in [2.05, 4.69) is 11.9 Å². The second-order valence-corrected chi connectivity index (χ2v) is 5.20. The molecule has 0 aliphatic rings. The van der Waals surface area contributed by atoms with Crippen LogP contribution in [-0.4, -0.2) is 23.3 Å². The molecule has 1 aromatic heterocycles. The summed E-state index contributed by atoms with van der Waals surface area (Å²) < 4.78 is 5.05. The number of pyridine rings is 1. The number of hydrogen-bond donors (Lipinski definition) is 1. The van der Waals surface area contributed by atoms with Crippen LogP contribution in [0.15, 0.2) is 17.2 Å². The van der Waals surface area contributed by atoms with Crippen LogP contribution < -0.4 is 5.73 Å². The van der Waals surface area contributed by atoms with Crippen molar-refractivity contribution in [1.29, 1.82) is 0 Å². The number of rotatable bonds is 7. The molecule has 1 aromatic rings. The van der Waals surface area contributed by atoms with Gasteiger partial charge in [0.25, 0.3) is 0 Å². The first kappa shape index (κ1) is 15.1. The third-order valence-corrected chi connectivity index (χ3v) is 3.77. The highest BCUT2D eigenvalue weighted by Crippen LogP contribution is 2.30. The molecule has 4 nitrogen and oxygen atoms in total. The molecule has 1 heterocycles. The predicted octanol–water partition coefficient (Wildman–Crippen LogP) is 3.14. The summed E-state index contributed by atoms with van der Waals surface area (Å²) in [5.74, 6) is 0.759. The predicted molar refractivity (Wildman–Crippen MR) is 74.9 cm³/mol. The minimum absolute atomic E-state index is 0.172. The van der Waals surface area contributed by atoms with Gasteiger partial charge >= 0.3 is 5.97 Å². The Balaban J connectivity index is 2.29. The van der Waals surface area contributed by atoms with Crippen LogP contribution in [0.25, 0.3) is 0 Å². The van der Waals surface area contributed by atoms with Crippen LogP contribution in [0.4, 0.5) is 5.82 Å². The lowest BCUT2D eigenvalue weighted by Gasteiger charge is -2.06. The molecule has 0 aromatic carbocycles. The Hall–Kier alpha value is -0.940. The number of nitrogens with two attached hydrogens (primary N) is 1. The molecular weight excluding hydrogens is 272 g/mol. The molecule has 6 heteroatoms. The molecule has 18 heavy (non-hydrogen) atoms. The Labute approximate surface area is 116 Å². The van der Waals surface area contributed by atoms with E-state index in [1.807, 2.05) is 0 Å². The quantitative estimate of drug-likeness (QED) is 0.474. The summed E-state index contributed by atoms with van der Waals surface area (Å²) in [4.78, 5) is 16.1. The van der Waals surface area contributed by atoms with Crippen molar-refractivity contribution in [3.05, 3.63) is 17.3 Å². The SMILES string of the molecule is CCCCOC(=O)CCSc1ccnc(N)c1Cl. The van der Waals surface area contributed by atoms with Crippen LogP contribution in [-0.2, 0) is 9.53 Å². The summed E-state index contributed by atoms with van der Waals surface area (Å²) in [5, 5.41) is 0.446. The van der Waals surface area contributed by atoms with Gasteiger partial charge in [0.15, 0.2) is 0 Å². The summed E-state index contributed by atoms with van der Waals surface area (Å²) >= 11 is 7.46. The van der Waals surface area contributed by atoms with Crippen molar-refractivity contribution in [2.45, 2.75) is 31.1 Å². The second kappa shape index (κ2) is 8.21. The van der Waals surface area contributed by atoms with Crippen LogP contribution in [0.1, 0.15) is 26.2 Å². The minimum Gasteiger partial charge on any atom is -0.466 e. The maximum atomic E-state index is 11.4. The molecule has 0 fully saturated rings. The van der Waals surface area contributed by atoms with Gasteiger partial charge in [-0.05, 0) is 12.5 Å². The lowest BCUT2D eigenvalue weighted by atomic mass is 10.4. The van der Waals surface area contributed by atoms with Crippen LogP contribution in [0.2, 0.25) is 5.02 Å². The van der Waals surface area contributed by atoms with Crippen molar-refractivity contribution < 1.29 is 9.53 Å². The third kappa shape index (κ3) is 5.14. The maximum Gasteiger partial charge on any atom is 0.306 e. The Morgan fingerprint density at radius 2 is 2.39 bits per heavy atom. The summed E-state index contributed by atoms with van der Waals surface area (Å²) in [6.07, 6.45) is 3.90. The summed E-state index contributed by atoms with van der Waals surface area (Å²) in [5.41, 5.74) is 5.59. The minimum atomic E-state index is -0.172. The van der Waals surface area contributed by atoms with E-state index < -0.39 is 0 Å². The molecule has 1 rings (SSSR count). The molecular formula is C12H17ClN2O2S. The first-order valence-corrected chi connectivity index (χ1v) is 7.20. The second-order valence-electron chi connectivity index (χ2n) is 3.68. The van der Waals surface area contributed by atoms with Crippen molar-refractivity contribution in [3.8, 4) is 0 Å². The van der Waals surface area contributed by atoms with Gasteiger partial charge in [0.2, 0.25) is 0 Å². The van der Waals surface area contributed by atoms with Crippen molar-refractivity contribution in [2.24, 2.45) is 0 Å². The highest BCUT2D eigenvalue weighted by atomic mass is 35.5. The molecule has 0 unspecified atom stereocenters. The van der Waals surface area contributed by atoms with Crippen LogP contribution in [0.3, 0.4) is 0 Å². The van der Waals surface area contributed by atoms with Gasteiger partial charge in [0, 0.05) is 16.8 Å². The Kier molecular flexibility index (Phi) is 6.90. The smallest absolute Gasteiger partial charge is 0.306 e. The number of unbranched alkanes of at least 4 members (excludes halogenated alkanes) is 1. The van der Waals surface area contributed by atoms with Crippen molar-refractivity contribution in [2.75, 3.05) is 18.1 Å². The number of halogens is 1. The molecule has 0 radical (unpaired) electrons. The summed E-state index contributed by atoms with van der Waals surface area (Å²) in [7, 11) is 0. The molecule has 100 valence electrons. The van der Waals surface area contributed by atoms with Gasteiger partial charge in [0.05, 0.1) is 18.1 Å². The van der Waals surface area contributed by atoms with Crippen molar-refractivity contribution >= 4 is 35.1 Å². The van der Waals surface area contributed by atoms with E-state index in [-0.39, 0.29) is 5.97 Å². The molecule has 0 saturated carbocycles. The topological polar surface area (TPSA) is 65.2 Å². The highest BCUT2D eigenvalue weighted by Gasteiger charge is 2.07. The van der Waals surface area contributed by atoms with E-state index in [4.69, 9.17) is 22.1 Å². The summed E-state index contributed by atoms with van der Waals surface area (Å²) in [6.45, 7) is 2.56. The van der Waals surface area contributed by atoms with Crippen molar-refractivity contribution in [1.82, 2.24) is 4.98 Å². The molecule has 0 atom stereocenters. The maximum absolute atomic E-state index is 11.4. The zero-order valence-corrected chi connectivity index (χ0v) is 11.9. The number of thioether (sulfide) groups is 1. The van der Waals surface area contributed by atoms with Crippen LogP contribution in [0, 0.1) is 0 Å². The van der Waals surface area contributed by atoms with Crippen LogP contribution in [0.5, 0.6) is 0 Å². The first-order valence-electron chi connectivity index (χ1n) is 5.83. The fourth-order valence-electron chi connectivity index (χ4n) is 1.20. The van der Waals surface area contributed by atoms with E-state index in [0.717, 1.165) is 17.7 Å². The number of ether oxygens (including phenoxy) is 1. The number of hydrogen-bond acceptors (Lipinski definition) is 5. The van der Waals surface area contributed by atoms with Crippen LogP contribution >= 0.6 is 23.4 Å². The zero-order chi connectivity index (χ0) is 13.4. The lowest BCUT2D eigenvalue weighted by Crippen LogP contribution is -2.06. The molecule has 0 bridgehead atoms.